The van der Waals surface area contributed by atoms with E-state index in [9.17, 15) is 9.90 Å². The van der Waals surface area contributed by atoms with Crippen LogP contribution in [0.2, 0.25) is 0 Å². The lowest BCUT2D eigenvalue weighted by Crippen LogP contribution is -2.32. The number of benzene rings is 1. The van der Waals surface area contributed by atoms with Crippen LogP contribution in [0.3, 0.4) is 0 Å². The van der Waals surface area contributed by atoms with Crippen LogP contribution in [-0.2, 0) is 13.0 Å². The van der Waals surface area contributed by atoms with Crippen molar-refractivity contribution >= 4 is 23.5 Å². The predicted octanol–water partition coefficient (Wildman–Crippen LogP) is 2.46. The van der Waals surface area contributed by atoms with Crippen LogP contribution >= 0.6 is 11.8 Å². The molecule has 0 amide bonds. The summed E-state index contributed by atoms with van der Waals surface area (Å²) in [5, 5.41) is 9.93. The molecule has 0 spiro atoms. The van der Waals surface area contributed by atoms with E-state index in [1.807, 2.05) is 23.3 Å². The molecule has 0 atom stereocenters. The Morgan fingerprint density at radius 3 is 2.81 bits per heavy atom. The number of nitrogens with zero attached hydrogens (tertiary/aromatic N) is 3. The summed E-state index contributed by atoms with van der Waals surface area (Å²) in [6, 6.07) is 8.25. The Labute approximate surface area is 127 Å². The Morgan fingerprint density at radius 2 is 2.10 bits per heavy atom. The van der Waals surface area contributed by atoms with Crippen LogP contribution in [0.5, 0.6) is 0 Å². The van der Waals surface area contributed by atoms with E-state index < -0.39 is 5.97 Å². The van der Waals surface area contributed by atoms with Crippen LogP contribution in [0.1, 0.15) is 21.5 Å². The first-order valence-corrected chi connectivity index (χ1v) is 7.87. The SMILES string of the molecule is CSc1ncc(C(=O)O)c(N2CCc3ccccc3C2)n1. The quantitative estimate of drug-likeness (QED) is 0.694. The van der Waals surface area contributed by atoms with Gasteiger partial charge in [0.05, 0.1) is 0 Å². The number of carboxylic acids is 1. The fourth-order valence-electron chi connectivity index (χ4n) is 2.52. The van der Waals surface area contributed by atoms with Crippen molar-refractivity contribution in [2.45, 2.75) is 18.1 Å². The molecule has 5 nitrogen and oxygen atoms in total. The molecule has 6 heteroatoms. The number of hydrogen-bond donors (Lipinski definition) is 1. The lowest BCUT2D eigenvalue weighted by molar-refractivity contribution is 0.0696. The molecule has 1 aromatic carbocycles. The molecule has 108 valence electrons. The van der Waals surface area contributed by atoms with Crippen molar-refractivity contribution in [3.63, 3.8) is 0 Å². The third-order valence-corrected chi connectivity index (χ3v) is 4.15. The molecule has 0 fully saturated rings. The molecule has 1 N–H and O–H groups in total. The van der Waals surface area contributed by atoms with Crippen LogP contribution in [0.25, 0.3) is 0 Å². The Morgan fingerprint density at radius 1 is 1.33 bits per heavy atom. The third kappa shape index (κ3) is 2.71. The maximum Gasteiger partial charge on any atom is 0.341 e. The number of carbonyl (C=O) groups is 1. The van der Waals surface area contributed by atoms with Crippen molar-refractivity contribution in [2.24, 2.45) is 0 Å². The lowest BCUT2D eigenvalue weighted by Gasteiger charge is -2.30. The average Bonchev–Trinajstić information content (AvgIpc) is 2.53. The number of anilines is 1. The second-order valence-corrected chi connectivity index (χ2v) is 5.61. The van der Waals surface area contributed by atoms with E-state index in [2.05, 4.69) is 22.1 Å². The van der Waals surface area contributed by atoms with E-state index in [1.54, 1.807) is 0 Å². The van der Waals surface area contributed by atoms with Gasteiger partial charge in [-0.15, -0.1) is 0 Å². The first-order chi connectivity index (χ1) is 10.2. The molecule has 1 aliphatic rings. The minimum absolute atomic E-state index is 0.159. The maximum atomic E-state index is 11.4. The van der Waals surface area contributed by atoms with E-state index in [0.717, 1.165) is 13.0 Å². The lowest BCUT2D eigenvalue weighted by atomic mass is 10.00. The van der Waals surface area contributed by atoms with Crippen LogP contribution < -0.4 is 4.90 Å². The number of aromatic nitrogens is 2. The van der Waals surface area contributed by atoms with Crippen molar-refractivity contribution in [1.29, 1.82) is 0 Å². The van der Waals surface area contributed by atoms with Crippen molar-refractivity contribution in [2.75, 3.05) is 17.7 Å². The molecule has 0 saturated heterocycles. The second-order valence-electron chi connectivity index (χ2n) is 4.84. The summed E-state index contributed by atoms with van der Waals surface area (Å²) in [4.78, 5) is 21.9. The van der Waals surface area contributed by atoms with Gasteiger partial charge in [-0.05, 0) is 23.8 Å². The summed E-state index contributed by atoms with van der Waals surface area (Å²) >= 11 is 1.41. The van der Waals surface area contributed by atoms with Gasteiger partial charge in [0.15, 0.2) is 5.16 Å². The fraction of sp³-hybridized carbons (Fsp3) is 0.267. The zero-order chi connectivity index (χ0) is 14.8. The predicted molar refractivity (Wildman–Crippen MR) is 82.0 cm³/mol. The van der Waals surface area contributed by atoms with E-state index >= 15 is 0 Å². The van der Waals surface area contributed by atoms with Gasteiger partial charge in [0.25, 0.3) is 0 Å². The van der Waals surface area contributed by atoms with Gasteiger partial charge in [-0.3, -0.25) is 0 Å². The highest BCUT2D eigenvalue weighted by Crippen LogP contribution is 2.26. The van der Waals surface area contributed by atoms with Crippen LogP contribution in [0, 0.1) is 0 Å². The molecule has 2 aromatic rings. The van der Waals surface area contributed by atoms with Crippen LogP contribution in [0.4, 0.5) is 5.82 Å². The zero-order valence-corrected chi connectivity index (χ0v) is 12.4. The Bertz CT molecular complexity index is 690. The smallest absolute Gasteiger partial charge is 0.341 e. The maximum absolute atomic E-state index is 11.4. The second kappa shape index (κ2) is 5.73. The Hall–Kier alpha value is -2.08. The number of aromatic carboxylic acids is 1. The topological polar surface area (TPSA) is 66.3 Å². The van der Waals surface area contributed by atoms with Crippen LogP contribution in [-0.4, -0.2) is 33.8 Å². The number of hydrogen-bond acceptors (Lipinski definition) is 5. The van der Waals surface area contributed by atoms with Crippen molar-refractivity contribution < 1.29 is 9.90 Å². The van der Waals surface area contributed by atoms with Gasteiger partial charge in [0.2, 0.25) is 0 Å². The molecule has 0 unspecified atom stereocenters. The van der Waals surface area contributed by atoms with Gasteiger partial charge in [0.1, 0.15) is 11.4 Å². The summed E-state index contributed by atoms with van der Waals surface area (Å²) in [6.07, 6.45) is 4.18. The minimum Gasteiger partial charge on any atom is -0.477 e. The monoisotopic (exact) mass is 301 g/mol. The average molecular weight is 301 g/mol. The first-order valence-electron chi connectivity index (χ1n) is 6.65. The van der Waals surface area contributed by atoms with E-state index in [-0.39, 0.29) is 5.56 Å². The highest BCUT2D eigenvalue weighted by atomic mass is 32.2. The molecule has 1 aromatic heterocycles. The van der Waals surface area contributed by atoms with Gasteiger partial charge >= 0.3 is 5.97 Å². The number of rotatable bonds is 3. The Balaban J connectivity index is 1.99. The van der Waals surface area contributed by atoms with Gasteiger partial charge in [-0.25, -0.2) is 14.8 Å². The summed E-state index contributed by atoms with van der Waals surface area (Å²) in [5.41, 5.74) is 2.71. The molecule has 3 rings (SSSR count). The van der Waals surface area contributed by atoms with Gasteiger partial charge in [-0.1, -0.05) is 36.0 Å². The normalized spacial score (nSPS) is 13.9. The van der Waals surface area contributed by atoms with Gasteiger partial charge in [-0.2, -0.15) is 0 Å². The van der Waals surface area contributed by atoms with Gasteiger partial charge < -0.3 is 10.0 Å². The third-order valence-electron chi connectivity index (χ3n) is 3.59. The summed E-state index contributed by atoms with van der Waals surface area (Å²) in [5.74, 6) is -0.479. The Kier molecular flexibility index (Phi) is 3.79. The van der Waals surface area contributed by atoms with E-state index in [0.29, 0.717) is 17.5 Å². The van der Waals surface area contributed by atoms with Gasteiger partial charge in [0, 0.05) is 19.3 Å². The van der Waals surface area contributed by atoms with E-state index in [1.165, 1.54) is 29.1 Å². The highest BCUT2D eigenvalue weighted by Gasteiger charge is 2.23. The summed E-state index contributed by atoms with van der Waals surface area (Å²) < 4.78 is 0. The molecule has 21 heavy (non-hydrogen) atoms. The summed E-state index contributed by atoms with van der Waals surface area (Å²) in [7, 11) is 0. The van der Waals surface area contributed by atoms with Crippen molar-refractivity contribution in [3.8, 4) is 0 Å². The number of carboxylic acid groups (broad SMARTS) is 1. The molecular weight excluding hydrogens is 286 g/mol. The number of thioether (sulfide) groups is 1. The number of fused-ring (bicyclic) bond motifs is 1. The molecule has 0 saturated carbocycles. The zero-order valence-electron chi connectivity index (χ0n) is 11.6. The standard InChI is InChI=1S/C15H15N3O2S/c1-21-15-16-8-12(14(19)20)13(17-15)18-7-6-10-4-2-3-5-11(10)9-18/h2-5,8H,6-7,9H2,1H3,(H,19,20). The molecular formula is C15H15N3O2S. The van der Waals surface area contributed by atoms with Crippen molar-refractivity contribution in [3.05, 3.63) is 47.2 Å². The largest absolute Gasteiger partial charge is 0.477 e. The molecule has 0 bridgehead atoms. The molecule has 1 aliphatic heterocycles. The minimum atomic E-state index is -0.989. The van der Waals surface area contributed by atoms with Crippen molar-refractivity contribution in [1.82, 2.24) is 9.97 Å². The summed E-state index contributed by atoms with van der Waals surface area (Å²) in [6.45, 7) is 1.45. The first kappa shape index (κ1) is 13.9. The van der Waals surface area contributed by atoms with Crippen LogP contribution in [0.15, 0.2) is 35.6 Å². The molecule has 0 radical (unpaired) electrons. The molecule has 2 heterocycles. The van der Waals surface area contributed by atoms with E-state index in [4.69, 9.17) is 0 Å². The fourth-order valence-corrected chi connectivity index (χ4v) is 2.86. The highest BCUT2D eigenvalue weighted by molar-refractivity contribution is 7.98. The molecule has 0 aliphatic carbocycles.